The number of nitrogens with one attached hydrogen (secondary N) is 1. The Kier molecular flexibility index (Phi) is 4.80. The van der Waals surface area contributed by atoms with Gasteiger partial charge in [-0.2, -0.15) is 0 Å². The fraction of sp³-hybridized carbons (Fsp3) is 0.176. The number of fused-ring (bicyclic) bond motifs is 1. The summed E-state index contributed by atoms with van der Waals surface area (Å²) in [5.74, 6) is -0.309. The molecule has 0 aliphatic heterocycles. The van der Waals surface area contributed by atoms with Crippen LogP contribution in [0, 0.1) is 15.9 Å². The highest BCUT2D eigenvalue weighted by Gasteiger charge is 2.17. The first-order chi connectivity index (χ1) is 12.0. The van der Waals surface area contributed by atoms with Gasteiger partial charge in [-0.15, -0.1) is 0 Å². The van der Waals surface area contributed by atoms with Crippen molar-refractivity contribution in [3.05, 3.63) is 64.6 Å². The lowest BCUT2D eigenvalue weighted by Gasteiger charge is -2.14. The van der Waals surface area contributed by atoms with Gasteiger partial charge in [-0.25, -0.2) is 4.39 Å². The van der Waals surface area contributed by atoms with Crippen molar-refractivity contribution in [3.8, 4) is 11.5 Å². The maximum absolute atomic E-state index is 13.2. The lowest BCUT2D eigenvalue weighted by molar-refractivity contribution is -0.386. The van der Waals surface area contributed by atoms with Crippen LogP contribution in [0.15, 0.2) is 48.7 Å². The van der Waals surface area contributed by atoms with Gasteiger partial charge in [-0.05, 0) is 24.3 Å². The quantitative estimate of drug-likeness (QED) is 0.506. The number of nitro benzene ring substituents is 1. The van der Waals surface area contributed by atoms with Gasteiger partial charge in [0.05, 0.1) is 4.92 Å². The number of H-pyrrole nitrogens is 1. The zero-order valence-electron chi connectivity index (χ0n) is 13.0. The molecular formula is C17H15FN2O5. The summed E-state index contributed by atoms with van der Waals surface area (Å²) in [5.41, 5.74) is 0.533. The van der Waals surface area contributed by atoms with Crippen LogP contribution in [0.2, 0.25) is 0 Å². The van der Waals surface area contributed by atoms with Crippen LogP contribution in [0.4, 0.5) is 10.1 Å². The number of nitro groups is 1. The number of halogens is 1. The Morgan fingerprint density at radius 1 is 1.16 bits per heavy atom. The molecule has 3 rings (SSSR count). The van der Waals surface area contributed by atoms with E-state index in [9.17, 15) is 19.6 Å². The van der Waals surface area contributed by atoms with Gasteiger partial charge < -0.3 is 19.6 Å². The maximum Gasteiger partial charge on any atom is 0.311 e. The van der Waals surface area contributed by atoms with Crippen LogP contribution in [-0.4, -0.2) is 34.3 Å². The van der Waals surface area contributed by atoms with Gasteiger partial charge >= 0.3 is 5.69 Å². The Morgan fingerprint density at radius 2 is 1.92 bits per heavy atom. The molecule has 1 atom stereocenters. The van der Waals surface area contributed by atoms with Crippen molar-refractivity contribution in [2.24, 2.45) is 0 Å². The van der Waals surface area contributed by atoms with Gasteiger partial charge in [0.1, 0.15) is 30.9 Å². The van der Waals surface area contributed by atoms with Crippen molar-refractivity contribution in [3.63, 3.8) is 0 Å². The van der Waals surface area contributed by atoms with Gasteiger partial charge in [0.2, 0.25) is 0 Å². The molecule has 0 saturated heterocycles. The number of ether oxygens (including phenoxy) is 2. The third-order valence-corrected chi connectivity index (χ3v) is 3.54. The second-order valence-electron chi connectivity index (χ2n) is 5.34. The number of hydrogen-bond donors (Lipinski definition) is 2. The molecule has 2 N–H and O–H groups in total. The highest BCUT2D eigenvalue weighted by atomic mass is 19.1. The van der Waals surface area contributed by atoms with Gasteiger partial charge in [0, 0.05) is 29.2 Å². The van der Waals surface area contributed by atoms with E-state index in [2.05, 4.69) is 4.98 Å². The first-order valence-corrected chi connectivity index (χ1v) is 7.48. The van der Waals surface area contributed by atoms with Gasteiger partial charge in [0.15, 0.2) is 5.75 Å². The molecule has 0 aliphatic rings. The van der Waals surface area contributed by atoms with Crippen molar-refractivity contribution in [2.75, 3.05) is 13.2 Å². The Labute approximate surface area is 141 Å². The predicted octanol–water partition coefficient (Wildman–Crippen LogP) is 3.03. The smallest absolute Gasteiger partial charge is 0.311 e. The highest BCUT2D eigenvalue weighted by molar-refractivity contribution is 5.85. The number of aliphatic hydroxyl groups excluding tert-OH is 1. The molecule has 0 radical (unpaired) electrons. The second-order valence-corrected chi connectivity index (χ2v) is 5.34. The molecule has 1 aromatic heterocycles. The molecule has 1 unspecified atom stereocenters. The van der Waals surface area contributed by atoms with Crippen molar-refractivity contribution >= 4 is 16.6 Å². The molecule has 8 heteroatoms. The SMILES string of the molecule is O=[N+]([O-])c1ccc(F)cc1OCC(O)COc1cccc2[nH]ccc12. The van der Waals surface area contributed by atoms with Crippen LogP contribution < -0.4 is 9.47 Å². The maximum atomic E-state index is 13.2. The Bertz CT molecular complexity index is 896. The standard InChI is InChI=1S/C17H15FN2O5/c18-11-4-5-15(20(22)23)17(8-11)25-10-12(21)9-24-16-3-1-2-14-13(16)6-7-19-14/h1-8,12,19,21H,9-10H2. The van der Waals surface area contributed by atoms with E-state index in [1.807, 2.05) is 18.2 Å². The molecule has 7 nitrogen and oxygen atoms in total. The topological polar surface area (TPSA) is 97.6 Å². The molecule has 0 aliphatic carbocycles. The molecule has 0 fully saturated rings. The Balaban J connectivity index is 1.60. The van der Waals surface area contributed by atoms with Crippen molar-refractivity contribution in [2.45, 2.75) is 6.10 Å². The van der Waals surface area contributed by atoms with Crippen LogP contribution in [-0.2, 0) is 0 Å². The minimum atomic E-state index is -1.04. The molecule has 0 saturated carbocycles. The van der Waals surface area contributed by atoms with E-state index in [4.69, 9.17) is 9.47 Å². The number of aromatic amines is 1. The molecule has 0 bridgehead atoms. The predicted molar refractivity (Wildman–Crippen MR) is 88.3 cm³/mol. The van der Waals surface area contributed by atoms with E-state index in [1.54, 1.807) is 12.3 Å². The summed E-state index contributed by atoms with van der Waals surface area (Å²) in [4.78, 5) is 13.3. The van der Waals surface area contributed by atoms with E-state index in [0.29, 0.717) is 5.75 Å². The number of benzene rings is 2. The highest BCUT2D eigenvalue weighted by Crippen LogP contribution is 2.28. The van der Waals surface area contributed by atoms with Crippen LogP contribution >= 0.6 is 0 Å². The van der Waals surface area contributed by atoms with Crippen LogP contribution in [0.1, 0.15) is 0 Å². The van der Waals surface area contributed by atoms with Crippen molar-refractivity contribution in [1.82, 2.24) is 4.98 Å². The summed E-state index contributed by atoms with van der Waals surface area (Å²) >= 11 is 0. The molecule has 3 aromatic rings. The molecule has 25 heavy (non-hydrogen) atoms. The number of rotatable bonds is 7. The first kappa shape index (κ1) is 16.7. The number of hydrogen-bond acceptors (Lipinski definition) is 5. The monoisotopic (exact) mass is 346 g/mol. The van der Waals surface area contributed by atoms with Crippen LogP contribution in [0.5, 0.6) is 11.5 Å². The average molecular weight is 346 g/mol. The van der Waals surface area contributed by atoms with E-state index in [0.717, 1.165) is 29.1 Å². The molecule has 0 amide bonds. The summed E-state index contributed by atoms with van der Waals surface area (Å²) in [7, 11) is 0. The third kappa shape index (κ3) is 3.86. The summed E-state index contributed by atoms with van der Waals surface area (Å²) in [6, 6.07) is 10.2. The average Bonchev–Trinajstić information content (AvgIpc) is 3.07. The minimum Gasteiger partial charge on any atom is -0.490 e. The molecule has 2 aromatic carbocycles. The zero-order chi connectivity index (χ0) is 17.8. The normalized spacial score (nSPS) is 12.1. The Morgan fingerprint density at radius 3 is 2.68 bits per heavy atom. The largest absolute Gasteiger partial charge is 0.490 e. The lowest BCUT2D eigenvalue weighted by Crippen LogP contribution is -2.25. The zero-order valence-corrected chi connectivity index (χ0v) is 13.0. The molecule has 0 spiro atoms. The molecular weight excluding hydrogens is 331 g/mol. The third-order valence-electron chi connectivity index (χ3n) is 3.54. The fourth-order valence-corrected chi connectivity index (χ4v) is 2.36. The summed E-state index contributed by atoms with van der Waals surface area (Å²) in [6.45, 7) is -0.346. The minimum absolute atomic E-state index is 0.0760. The lowest BCUT2D eigenvalue weighted by atomic mass is 10.2. The number of aromatic nitrogens is 1. The van der Waals surface area contributed by atoms with E-state index >= 15 is 0 Å². The van der Waals surface area contributed by atoms with E-state index < -0.39 is 16.8 Å². The first-order valence-electron chi connectivity index (χ1n) is 7.48. The number of aliphatic hydroxyl groups is 1. The van der Waals surface area contributed by atoms with E-state index in [1.165, 1.54) is 0 Å². The van der Waals surface area contributed by atoms with E-state index in [-0.39, 0.29) is 24.7 Å². The Hall–Kier alpha value is -3.13. The van der Waals surface area contributed by atoms with Crippen molar-refractivity contribution in [1.29, 1.82) is 0 Å². The van der Waals surface area contributed by atoms with Gasteiger partial charge in [-0.1, -0.05) is 6.07 Å². The summed E-state index contributed by atoms with van der Waals surface area (Å²) < 4.78 is 24.0. The van der Waals surface area contributed by atoms with Gasteiger partial charge in [0.25, 0.3) is 0 Å². The molecule has 1 heterocycles. The van der Waals surface area contributed by atoms with Crippen molar-refractivity contribution < 1.29 is 23.9 Å². The van der Waals surface area contributed by atoms with Crippen LogP contribution in [0.25, 0.3) is 10.9 Å². The summed E-state index contributed by atoms with van der Waals surface area (Å²) in [5, 5.41) is 21.7. The fourth-order valence-electron chi connectivity index (χ4n) is 2.36. The van der Waals surface area contributed by atoms with Crippen LogP contribution in [0.3, 0.4) is 0 Å². The van der Waals surface area contributed by atoms with Gasteiger partial charge in [-0.3, -0.25) is 10.1 Å². The second kappa shape index (κ2) is 7.18. The molecule has 130 valence electrons. The number of nitrogens with zero attached hydrogens (tertiary/aromatic N) is 1. The summed E-state index contributed by atoms with van der Waals surface area (Å²) in [6.07, 6.45) is 0.734.